The Morgan fingerprint density at radius 3 is 2.53 bits per heavy atom. The van der Waals surface area contributed by atoms with E-state index in [1.165, 1.54) is 0 Å². The largest absolute Gasteiger partial charge is 0.380 e. The molecule has 0 saturated heterocycles. The average molecular weight is 260 g/mol. The van der Waals surface area contributed by atoms with Crippen molar-refractivity contribution < 1.29 is 4.74 Å². The molecule has 1 aromatic heterocycles. The monoisotopic (exact) mass is 259 g/mol. The minimum absolute atomic E-state index is 0.0531. The normalized spacial score (nSPS) is 14.9. The Balaban J connectivity index is 2.84. The van der Waals surface area contributed by atoms with Crippen LogP contribution in [0.1, 0.15) is 31.7 Å². The maximum absolute atomic E-state index is 6.29. The zero-order chi connectivity index (χ0) is 13.0. The summed E-state index contributed by atoms with van der Waals surface area (Å²) in [4.78, 5) is 0. The van der Waals surface area contributed by atoms with Crippen LogP contribution in [0.5, 0.6) is 0 Å². The van der Waals surface area contributed by atoms with Gasteiger partial charge in [0.1, 0.15) is 0 Å². The van der Waals surface area contributed by atoms with Crippen molar-refractivity contribution in [3.05, 3.63) is 16.4 Å². The molecular weight excluding hydrogens is 238 g/mol. The van der Waals surface area contributed by atoms with Gasteiger partial charge in [0.15, 0.2) is 0 Å². The topological polar surface area (TPSA) is 53.1 Å². The van der Waals surface area contributed by atoms with E-state index in [0.717, 1.165) is 29.3 Å². The van der Waals surface area contributed by atoms with Crippen molar-refractivity contribution in [2.24, 2.45) is 12.8 Å². The van der Waals surface area contributed by atoms with Gasteiger partial charge in [-0.15, -0.1) is 0 Å². The lowest BCUT2D eigenvalue weighted by Gasteiger charge is -2.21. The second kappa shape index (κ2) is 6.38. The summed E-state index contributed by atoms with van der Waals surface area (Å²) in [5.41, 5.74) is 8.06. The lowest BCUT2D eigenvalue weighted by Crippen LogP contribution is -2.38. The van der Waals surface area contributed by atoms with Gasteiger partial charge >= 0.3 is 0 Å². The standard InChI is InChI=1S/C12H22ClN3O/c1-5-9-12(13)10(16(3)15-9)7-8(14)11(6-2)17-4/h8,11H,5-7,14H2,1-4H3. The van der Waals surface area contributed by atoms with Crippen molar-refractivity contribution in [2.45, 2.75) is 45.3 Å². The Kier molecular flexibility index (Phi) is 5.43. The molecule has 0 saturated carbocycles. The Labute approximate surface area is 108 Å². The van der Waals surface area contributed by atoms with Crippen LogP contribution in [0.25, 0.3) is 0 Å². The number of rotatable bonds is 6. The summed E-state index contributed by atoms with van der Waals surface area (Å²) in [5.74, 6) is 0. The van der Waals surface area contributed by atoms with Gasteiger partial charge in [0.2, 0.25) is 0 Å². The second-order valence-electron chi connectivity index (χ2n) is 4.23. The second-order valence-corrected chi connectivity index (χ2v) is 4.61. The number of methoxy groups -OCH3 is 1. The molecule has 2 atom stereocenters. The highest BCUT2D eigenvalue weighted by molar-refractivity contribution is 6.31. The fourth-order valence-electron chi connectivity index (χ4n) is 2.04. The maximum atomic E-state index is 6.29. The highest BCUT2D eigenvalue weighted by atomic mass is 35.5. The van der Waals surface area contributed by atoms with Gasteiger partial charge in [0.05, 0.1) is 22.5 Å². The first-order chi connectivity index (χ1) is 8.04. The predicted octanol–water partition coefficient (Wildman–Crippen LogP) is 1.93. The molecule has 2 N–H and O–H groups in total. The predicted molar refractivity (Wildman–Crippen MR) is 70.4 cm³/mol. The van der Waals surface area contributed by atoms with Crippen LogP contribution in [0, 0.1) is 0 Å². The van der Waals surface area contributed by atoms with E-state index in [4.69, 9.17) is 22.1 Å². The molecule has 17 heavy (non-hydrogen) atoms. The first-order valence-corrected chi connectivity index (χ1v) is 6.41. The van der Waals surface area contributed by atoms with E-state index in [1.54, 1.807) is 7.11 Å². The van der Waals surface area contributed by atoms with E-state index >= 15 is 0 Å². The molecule has 0 aliphatic rings. The van der Waals surface area contributed by atoms with E-state index in [1.807, 2.05) is 18.7 Å². The summed E-state index contributed by atoms with van der Waals surface area (Å²) in [5, 5.41) is 5.13. The summed E-state index contributed by atoms with van der Waals surface area (Å²) in [7, 11) is 3.59. The van der Waals surface area contributed by atoms with Crippen LogP contribution in [-0.2, 0) is 24.6 Å². The minimum Gasteiger partial charge on any atom is -0.380 e. The molecule has 0 spiro atoms. The lowest BCUT2D eigenvalue weighted by atomic mass is 10.0. The molecule has 4 nitrogen and oxygen atoms in total. The maximum Gasteiger partial charge on any atom is 0.0850 e. The summed E-state index contributed by atoms with van der Waals surface area (Å²) < 4.78 is 7.17. The highest BCUT2D eigenvalue weighted by Gasteiger charge is 2.20. The Morgan fingerprint density at radius 1 is 1.47 bits per heavy atom. The molecule has 0 aliphatic heterocycles. The van der Waals surface area contributed by atoms with Crippen LogP contribution in [0.2, 0.25) is 5.02 Å². The van der Waals surface area contributed by atoms with Crippen molar-refractivity contribution >= 4 is 11.6 Å². The molecule has 0 aliphatic carbocycles. The first kappa shape index (κ1) is 14.5. The van der Waals surface area contributed by atoms with E-state index < -0.39 is 0 Å². The van der Waals surface area contributed by atoms with Crippen LogP contribution in [0.4, 0.5) is 0 Å². The van der Waals surface area contributed by atoms with Crippen molar-refractivity contribution in [1.29, 1.82) is 0 Å². The van der Waals surface area contributed by atoms with Crippen molar-refractivity contribution in [2.75, 3.05) is 7.11 Å². The molecule has 0 aromatic carbocycles. The fourth-order valence-corrected chi connectivity index (χ4v) is 2.41. The number of hydrogen-bond acceptors (Lipinski definition) is 3. The number of aromatic nitrogens is 2. The van der Waals surface area contributed by atoms with Gasteiger partial charge in [-0.25, -0.2) is 0 Å². The lowest BCUT2D eigenvalue weighted by molar-refractivity contribution is 0.0768. The number of nitrogens with zero attached hydrogens (tertiary/aromatic N) is 2. The molecule has 1 aromatic rings. The Bertz CT molecular complexity index is 361. The Hall–Kier alpha value is -0.580. The van der Waals surface area contributed by atoms with Gasteiger partial charge in [-0.05, 0) is 12.8 Å². The molecule has 2 unspecified atom stereocenters. The first-order valence-electron chi connectivity index (χ1n) is 6.03. The summed E-state index contributed by atoms with van der Waals surface area (Å²) in [6.45, 7) is 4.11. The fraction of sp³-hybridized carbons (Fsp3) is 0.750. The third-order valence-corrected chi connectivity index (χ3v) is 3.55. The van der Waals surface area contributed by atoms with Crippen LogP contribution < -0.4 is 5.73 Å². The number of nitrogens with two attached hydrogens (primary N) is 1. The van der Waals surface area contributed by atoms with Crippen LogP contribution in [-0.4, -0.2) is 29.0 Å². The summed E-state index contributed by atoms with van der Waals surface area (Å²) in [6.07, 6.45) is 2.48. The number of ether oxygens (including phenoxy) is 1. The van der Waals surface area contributed by atoms with Crippen molar-refractivity contribution in [3.8, 4) is 0 Å². The Morgan fingerprint density at radius 2 is 2.12 bits per heavy atom. The van der Waals surface area contributed by atoms with E-state index in [0.29, 0.717) is 6.42 Å². The molecule has 98 valence electrons. The summed E-state index contributed by atoms with van der Waals surface area (Å²) in [6, 6.07) is -0.0531. The van der Waals surface area contributed by atoms with E-state index in [2.05, 4.69) is 12.0 Å². The highest BCUT2D eigenvalue weighted by Crippen LogP contribution is 2.22. The molecule has 5 heteroatoms. The minimum atomic E-state index is -0.0531. The molecule has 0 fully saturated rings. The average Bonchev–Trinajstić information content (AvgIpc) is 2.58. The van der Waals surface area contributed by atoms with Gasteiger partial charge < -0.3 is 10.5 Å². The quantitative estimate of drug-likeness (QED) is 0.849. The molecule has 1 heterocycles. The zero-order valence-corrected chi connectivity index (χ0v) is 11.8. The van der Waals surface area contributed by atoms with Gasteiger partial charge in [0, 0.05) is 26.6 Å². The summed E-state index contributed by atoms with van der Waals surface area (Å²) >= 11 is 6.29. The third-order valence-electron chi connectivity index (χ3n) is 3.11. The smallest absolute Gasteiger partial charge is 0.0850 e. The SMILES string of the molecule is CCc1nn(C)c(CC(N)C(CC)OC)c1Cl. The molecule has 0 amide bonds. The number of halogens is 1. The van der Waals surface area contributed by atoms with Crippen LogP contribution >= 0.6 is 11.6 Å². The van der Waals surface area contributed by atoms with Gasteiger partial charge in [-0.2, -0.15) is 5.10 Å². The van der Waals surface area contributed by atoms with Crippen molar-refractivity contribution in [1.82, 2.24) is 9.78 Å². The van der Waals surface area contributed by atoms with Gasteiger partial charge in [0.25, 0.3) is 0 Å². The third kappa shape index (κ3) is 3.21. The van der Waals surface area contributed by atoms with Crippen LogP contribution in [0.3, 0.4) is 0 Å². The van der Waals surface area contributed by atoms with Gasteiger partial charge in [-0.1, -0.05) is 25.4 Å². The molecule has 1 rings (SSSR count). The van der Waals surface area contributed by atoms with Gasteiger partial charge in [-0.3, -0.25) is 4.68 Å². The van der Waals surface area contributed by atoms with E-state index in [9.17, 15) is 0 Å². The van der Waals surface area contributed by atoms with E-state index in [-0.39, 0.29) is 12.1 Å². The van der Waals surface area contributed by atoms with Crippen molar-refractivity contribution in [3.63, 3.8) is 0 Å². The zero-order valence-electron chi connectivity index (χ0n) is 11.0. The number of hydrogen-bond donors (Lipinski definition) is 1. The molecule has 0 bridgehead atoms. The van der Waals surface area contributed by atoms with Crippen LogP contribution in [0.15, 0.2) is 0 Å². The number of aryl methyl sites for hydroxylation is 2. The molecular formula is C12H22ClN3O. The molecule has 0 radical (unpaired) electrons.